The Bertz CT molecular complexity index is 273. The second kappa shape index (κ2) is 4.24. The number of nitrogens with one attached hydrogen (secondary N) is 1. The summed E-state index contributed by atoms with van der Waals surface area (Å²) in [6.07, 6.45) is 2.20. The standard InChI is InChI=1S/C12H22N2O2/c1-12(2,3)16-11(15)14-7-5-9-4-6-13-10(9)8-14/h9-10,13H,4-8H2,1-3H3/t9-,10+/m0/s1. The van der Waals surface area contributed by atoms with Crippen molar-refractivity contribution in [1.82, 2.24) is 10.2 Å². The lowest BCUT2D eigenvalue weighted by Gasteiger charge is -2.35. The Morgan fingerprint density at radius 3 is 2.81 bits per heavy atom. The highest BCUT2D eigenvalue weighted by Gasteiger charge is 2.35. The van der Waals surface area contributed by atoms with Gasteiger partial charge >= 0.3 is 6.09 Å². The average molecular weight is 226 g/mol. The summed E-state index contributed by atoms with van der Waals surface area (Å²) in [6.45, 7) is 8.47. The van der Waals surface area contributed by atoms with E-state index in [2.05, 4.69) is 5.32 Å². The Morgan fingerprint density at radius 2 is 2.12 bits per heavy atom. The molecule has 2 rings (SSSR count). The summed E-state index contributed by atoms with van der Waals surface area (Å²) in [5.74, 6) is 0.763. The average Bonchev–Trinajstić information content (AvgIpc) is 2.61. The van der Waals surface area contributed by atoms with Gasteiger partial charge in [-0.25, -0.2) is 4.79 Å². The monoisotopic (exact) mass is 226 g/mol. The molecule has 0 radical (unpaired) electrons. The van der Waals surface area contributed by atoms with Gasteiger partial charge in [-0.2, -0.15) is 0 Å². The van der Waals surface area contributed by atoms with Crippen molar-refractivity contribution in [2.45, 2.75) is 45.3 Å². The number of hydrogen-bond acceptors (Lipinski definition) is 3. The zero-order valence-corrected chi connectivity index (χ0v) is 10.5. The molecule has 1 N–H and O–H groups in total. The minimum atomic E-state index is -0.392. The number of carbonyl (C=O) groups excluding carboxylic acids is 1. The summed E-state index contributed by atoms with van der Waals surface area (Å²) >= 11 is 0. The van der Waals surface area contributed by atoms with E-state index in [4.69, 9.17) is 4.74 Å². The first-order valence-corrected chi connectivity index (χ1v) is 6.17. The fourth-order valence-corrected chi connectivity index (χ4v) is 2.52. The molecule has 0 aromatic heterocycles. The van der Waals surface area contributed by atoms with Crippen LogP contribution in [0.2, 0.25) is 0 Å². The maximum Gasteiger partial charge on any atom is 0.410 e. The molecule has 0 aromatic carbocycles. The molecule has 4 nitrogen and oxygen atoms in total. The SMILES string of the molecule is CC(C)(C)OC(=O)N1CC[C@@H]2CCN[C@@H]2C1. The van der Waals surface area contributed by atoms with E-state index >= 15 is 0 Å². The molecule has 2 atom stereocenters. The van der Waals surface area contributed by atoms with Gasteiger partial charge < -0.3 is 15.0 Å². The van der Waals surface area contributed by atoms with Crippen LogP contribution in [0.25, 0.3) is 0 Å². The normalized spacial score (nSPS) is 30.1. The Morgan fingerprint density at radius 1 is 1.38 bits per heavy atom. The minimum Gasteiger partial charge on any atom is -0.444 e. The van der Waals surface area contributed by atoms with Crippen LogP contribution < -0.4 is 5.32 Å². The second-order valence-corrected chi connectivity index (χ2v) is 5.82. The molecule has 0 aliphatic carbocycles. The molecule has 1 amide bonds. The molecule has 0 saturated carbocycles. The van der Waals surface area contributed by atoms with Crippen molar-refractivity contribution >= 4 is 6.09 Å². The molecule has 2 saturated heterocycles. The van der Waals surface area contributed by atoms with Crippen molar-refractivity contribution < 1.29 is 9.53 Å². The van der Waals surface area contributed by atoms with Crippen molar-refractivity contribution in [1.29, 1.82) is 0 Å². The Labute approximate surface area is 97.3 Å². The van der Waals surface area contributed by atoms with Crippen LogP contribution in [0.15, 0.2) is 0 Å². The first-order chi connectivity index (χ1) is 7.46. The summed E-state index contributed by atoms with van der Waals surface area (Å²) in [5.41, 5.74) is -0.392. The van der Waals surface area contributed by atoms with Crippen LogP contribution in [0.5, 0.6) is 0 Å². The predicted molar refractivity (Wildman–Crippen MR) is 62.3 cm³/mol. The summed E-state index contributed by atoms with van der Waals surface area (Å²) in [4.78, 5) is 13.7. The van der Waals surface area contributed by atoms with Gasteiger partial charge in [0.1, 0.15) is 5.60 Å². The molecule has 92 valence electrons. The molecule has 4 heteroatoms. The number of fused-ring (bicyclic) bond motifs is 1. The van der Waals surface area contributed by atoms with E-state index < -0.39 is 5.60 Å². The molecule has 0 aromatic rings. The third kappa shape index (κ3) is 2.67. The molecular weight excluding hydrogens is 204 g/mol. The lowest BCUT2D eigenvalue weighted by molar-refractivity contribution is 0.0164. The van der Waals surface area contributed by atoms with Gasteiger partial charge in [-0.15, -0.1) is 0 Å². The van der Waals surface area contributed by atoms with Gasteiger partial charge in [0, 0.05) is 19.1 Å². The zero-order valence-electron chi connectivity index (χ0n) is 10.5. The van der Waals surface area contributed by atoms with Crippen LogP contribution in [0.4, 0.5) is 4.79 Å². The summed E-state index contributed by atoms with van der Waals surface area (Å²) in [5, 5.41) is 3.46. The van der Waals surface area contributed by atoms with Gasteiger partial charge in [-0.1, -0.05) is 0 Å². The van der Waals surface area contributed by atoms with Gasteiger partial charge in [0.2, 0.25) is 0 Å². The number of ether oxygens (including phenoxy) is 1. The third-order valence-electron chi connectivity index (χ3n) is 3.33. The molecule has 0 unspecified atom stereocenters. The molecule has 0 bridgehead atoms. The van der Waals surface area contributed by atoms with Crippen molar-refractivity contribution in [2.24, 2.45) is 5.92 Å². The molecule has 2 aliphatic rings. The van der Waals surface area contributed by atoms with Gasteiger partial charge in [0.25, 0.3) is 0 Å². The smallest absolute Gasteiger partial charge is 0.410 e. The molecule has 16 heavy (non-hydrogen) atoms. The number of carbonyl (C=O) groups is 1. The largest absolute Gasteiger partial charge is 0.444 e. The van der Waals surface area contributed by atoms with Gasteiger partial charge in [-0.05, 0) is 46.1 Å². The van der Waals surface area contributed by atoms with E-state index in [0.29, 0.717) is 6.04 Å². The molecule has 2 heterocycles. The van der Waals surface area contributed by atoms with Gasteiger partial charge in [0.05, 0.1) is 0 Å². The Kier molecular flexibility index (Phi) is 3.10. The van der Waals surface area contributed by atoms with Crippen LogP contribution in [0, 0.1) is 5.92 Å². The van der Waals surface area contributed by atoms with E-state index in [9.17, 15) is 4.79 Å². The van der Waals surface area contributed by atoms with E-state index in [1.54, 1.807) is 0 Å². The number of nitrogens with zero attached hydrogens (tertiary/aromatic N) is 1. The second-order valence-electron chi connectivity index (χ2n) is 5.82. The number of rotatable bonds is 0. The number of likely N-dealkylation sites (tertiary alicyclic amines) is 1. The van der Waals surface area contributed by atoms with Crippen molar-refractivity contribution in [3.05, 3.63) is 0 Å². The van der Waals surface area contributed by atoms with Crippen molar-refractivity contribution in [3.8, 4) is 0 Å². The predicted octanol–water partition coefficient (Wildman–Crippen LogP) is 1.61. The highest BCUT2D eigenvalue weighted by Crippen LogP contribution is 2.25. The van der Waals surface area contributed by atoms with E-state index in [1.807, 2.05) is 25.7 Å². The molecule has 2 fully saturated rings. The van der Waals surface area contributed by atoms with Gasteiger partial charge in [0.15, 0.2) is 0 Å². The number of hydrogen-bond donors (Lipinski definition) is 1. The minimum absolute atomic E-state index is 0.167. The van der Waals surface area contributed by atoms with Crippen LogP contribution in [-0.2, 0) is 4.74 Å². The topological polar surface area (TPSA) is 41.6 Å². The summed E-state index contributed by atoms with van der Waals surface area (Å²) < 4.78 is 5.38. The third-order valence-corrected chi connectivity index (χ3v) is 3.33. The van der Waals surface area contributed by atoms with Crippen LogP contribution in [0.1, 0.15) is 33.6 Å². The van der Waals surface area contributed by atoms with E-state index in [1.165, 1.54) is 6.42 Å². The molecule has 0 spiro atoms. The number of piperidine rings is 1. The fourth-order valence-electron chi connectivity index (χ4n) is 2.52. The first-order valence-electron chi connectivity index (χ1n) is 6.17. The van der Waals surface area contributed by atoms with Crippen LogP contribution in [0.3, 0.4) is 0 Å². The maximum absolute atomic E-state index is 11.9. The van der Waals surface area contributed by atoms with Gasteiger partial charge in [-0.3, -0.25) is 0 Å². The first kappa shape index (κ1) is 11.7. The lowest BCUT2D eigenvalue weighted by Crippen LogP contribution is -2.50. The maximum atomic E-state index is 11.9. The van der Waals surface area contributed by atoms with E-state index in [0.717, 1.165) is 32.0 Å². The number of amides is 1. The van der Waals surface area contributed by atoms with Crippen molar-refractivity contribution in [3.63, 3.8) is 0 Å². The Hall–Kier alpha value is -0.770. The molecular formula is C12H22N2O2. The van der Waals surface area contributed by atoms with Crippen LogP contribution in [-0.4, -0.2) is 42.3 Å². The Balaban J connectivity index is 1.89. The summed E-state index contributed by atoms with van der Waals surface area (Å²) in [7, 11) is 0. The lowest BCUT2D eigenvalue weighted by atomic mass is 9.93. The van der Waals surface area contributed by atoms with Crippen molar-refractivity contribution in [2.75, 3.05) is 19.6 Å². The highest BCUT2D eigenvalue weighted by atomic mass is 16.6. The molecule has 2 aliphatic heterocycles. The van der Waals surface area contributed by atoms with E-state index in [-0.39, 0.29) is 6.09 Å². The fraction of sp³-hybridized carbons (Fsp3) is 0.917. The zero-order chi connectivity index (χ0) is 11.8. The van der Waals surface area contributed by atoms with Crippen LogP contribution >= 0.6 is 0 Å². The highest BCUT2D eigenvalue weighted by molar-refractivity contribution is 5.68. The quantitative estimate of drug-likeness (QED) is 0.682. The summed E-state index contributed by atoms with van der Waals surface area (Å²) in [6, 6.07) is 0.487.